The number of fused-ring (bicyclic) bond motifs is 2. The summed E-state index contributed by atoms with van der Waals surface area (Å²) in [6, 6.07) is 8.51. The number of carboxylic acid groups (broad SMARTS) is 1. The van der Waals surface area contributed by atoms with Gasteiger partial charge in [0.1, 0.15) is 5.92 Å². The molecule has 1 aromatic carbocycles. The molecule has 3 aliphatic heterocycles. The number of carbonyl (C=O) groups excluding carboxylic acids is 1. The van der Waals surface area contributed by atoms with Gasteiger partial charge >= 0.3 is 5.97 Å². The number of aryl methyl sites for hydroxylation is 1. The van der Waals surface area contributed by atoms with E-state index in [1.54, 1.807) is 6.08 Å². The molecule has 6 nitrogen and oxygen atoms in total. The van der Waals surface area contributed by atoms with Crippen LogP contribution in [0.4, 0.5) is 0 Å². The Balaban J connectivity index is 1.36. The van der Waals surface area contributed by atoms with Crippen LogP contribution in [-0.2, 0) is 20.9 Å². The third-order valence-corrected chi connectivity index (χ3v) is 5.68. The number of amides is 1. The van der Waals surface area contributed by atoms with E-state index in [1.165, 1.54) is 11.1 Å². The van der Waals surface area contributed by atoms with Crippen molar-refractivity contribution >= 4 is 11.9 Å². The van der Waals surface area contributed by atoms with Gasteiger partial charge in [-0.15, -0.1) is 0 Å². The Morgan fingerprint density at radius 3 is 2.27 bits per heavy atom. The summed E-state index contributed by atoms with van der Waals surface area (Å²) in [6.45, 7) is 5.82. The second kappa shape index (κ2) is 6.85. The van der Waals surface area contributed by atoms with Crippen molar-refractivity contribution in [1.82, 2.24) is 9.80 Å². The smallest absolute Gasteiger partial charge is 0.310 e. The van der Waals surface area contributed by atoms with E-state index in [4.69, 9.17) is 4.74 Å². The van der Waals surface area contributed by atoms with Crippen LogP contribution >= 0.6 is 0 Å². The molecule has 2 saturated heterocycles. The van der Waals surface area contributed by atoms with Gasteiger partial charge in [-0.2, -0.15) is 0 Å². The highest BCUT2D eigenvalue weighted by Gasteiger charge is 2.54. The lowest BCUT2D eigenvalue weighted by Gasteiger charge is -2.37. The van der Waals surface area contributed by atoms with E-state index in [2.05, 4.69) is 36.1 Å². The number of hydrogen-bond acceptors (Lipinski definition) is 4. The number of nitrogens with zero attached hydrogens (tertiary/aromatic N) is 2. The van der Waals surface area contributed by atoms with Crippen molar-refractivity contribution in [2.24, 2.45) is 11.8 Å². The predicted molar refractivity (Wildman–Crippen MR) is 95.5 cm³/mol. The number of rotatable bonds is 4. The lowest BCUT2D eigenvalue weighted by Crippen LogP contribution is -2.52. The Morgan fingerprint density at radius 2 is 1.65 bits per heavy atom. The average Bonchev–Trinajstić information content (AvgIpc) is 3.25. The van der Waals surface area contributed by atoms with Gasteiger partial charge < -0.3 is 14.7 Å². The van der Waals surface area contributed by atoms with Crippen LogP contribution in [0.2, 0.25) is 0 Å². The molecular formula is C20H24N2O4. The summed E-state index contributed by atoms with van der Waals surface area (Å²) in [5, 5.41) is 9.49. The van der Waals surface area contributed by atoms with Crippen molar-refractivity contribution in [3.05, 3.63) is 47.5 Å². The summed E-state index contributed by atoms with van der Waals surface area (Å²) in [5.41, 5.74) is 2.52. The summed E-state index contributed by atoms with van der Waals surface area (Å²) in [5.74, 6) is -2.38. The highest BCUT2D eigenvalue weighted by Crippen LogP contribution is 2.40. The quantitative estimate of drug-likeness (QED) is 0.824. The highest BCUT2D eigenvalue weighted by atomic mass is 16.5. The number of carbonyl (C=O) groups is 2. The molecule has 1 amide bonds. The van der Waals surface area contributed by atoms with Gasteiger partial charge in [-0.3, -0.25) is 14.5 Å². The first-order valence-electron chi connectivity index (χ1n) is 9.16. The molecule has 0 radical (unpaired) electrons. The lowest BCUT2D eigenvalue weighted by atomic mass is 9.82. The first-order chi connectivity index (χ1) is 12.5. The molecule has 138 valence electrons. The summed E-state index contributed by atoms with van der Waals surface area (Å²) < 4.78 is 5.63. The molecule has 0 spiro atoms. The third-order valence-electron chi connectivity index (χ3n) is 5.68. The van der Waals surface area contributed by atoms with Crippen LogP contribution in [0, 0.1) is 18.8 Å². The summed E-state index contributed by atoms with van der Waals surface area (Å²) >= 11 is 0. The zero-order valence-corrected chi connectivity index (χ0v) is 14.9. The Kier molecular flexibility index (Phi) is 4.54. The third kappa shape index (κ3) is 3.15. The molecule has 3 heterocycles. The molecule has 4 rings (SSSR count). The number of aliphatic carboxylic acids is 1. The van der Waals surface area contributed by atoms with E-state index < -0.39 is 23.9 Å². The number of piperazine rings is 1. The molecule has 6 heteroatoms. The maximum Gasteiger partial charge on any atom is 0.310 e. The molecule has 2 fully saturated rings. The van der Waals surface area contributed by atoms with E-state index in [0.717, 1.165) is 19.6 Å². The normalized spacial score (nSPS) is 30.7. The van der Waals surface area contributed by atoms with Gasteiger partial charge in [-0.05, 0) is 12.5 Å². The second-order valence-corrected chi connectivity index (χ2v) is 7.43. The molecule has 0 aromatic heterocycles. The molecule has 2 bridgehead atoms. The highest BCUT2D eigenvalue weighted by molar-refractivity contribution is 5.87. The van der Waals surface area contributed by atoms with Crippen molar-refractivity contribution in [2.75, 3.05) is 26.2 Å². The number of hydrogen-bond donors (Lipinski definition) is 1. The summed E-state index contributed by atoms with van der Waals surface area (Å²) in [4.78, 5) is 28.7. The van der Waals surface area contributed by atoms with E-state index in [1.807, 2.05) is 11.0 Å². The van der Waals surface area contributed by atoms with Crippen LogP contribution in [0.5, 0.6) is 0 Å². The Labute approximate surface area is 153 Å². The Morgan fingerprint density at radius 1 is 1.04 bits per heavy atom. The monoisotopic (exact) mass is 356 g/mol. The molecule has 1 N–H and O–H groups in total. The SMILES string of the molecule is Cc1ccc(CN2CCN(C(=O)C3C4C=CC(O4)C3C(=O)O)CC2)cc1. The zero-order valence-electron chi connectivity index (χ0n) is 14.9. The summed E-state index contributed by atoms with van der Waals surface area (Å²) in [7, 11) is 0. The van der Waals surface area contributed by atoms with Crippen molar-refractivity contribution in [2.45, 2.75) is 25.7 Å². The molecule has 0 aliphatic carbocycles. The Hall–Kier alpha value is -2.18. The van der Waals surface area contributed by atoms with Crippen LogP contribution in [0.25, 0.3) is 0 Å². The van der Waals surface area contributed by atoms with Crippen LogP contribution in [0.15, 0.2) is 36.4 Å². The fraction of sp³-hybridized carbons (Fsp3) is 0.500. The molecule has 26 heavy (non-hydrogen) atoms. The number of ether oxygens (including phenoxy) is 1. The lowest BCUT2D eigenvalue weighted by molar-refractivity contribution is -0.150. The summed E-state index contributed by atoms with van der Waals surface area (Å²) in [6.07, 6.45) is 2.75. The van der Waals surface area contributed by atoms with Crippen molar-refractivity contribution in [1.29, 1.82) is 0 Å². The average molecular weight is 356 g/mol. The molecule has 4 atom stereocenters. The first kappa shape index (κ1) is 17.2. The van der Waals surface area contributed by atoms with Crippen LogP contribution < -0.4 is 0 Å². The van der Waals surface area contributed by atoms with Crippen molar-refractivity contribution in [3.8, 4) is 0 Å². The van der Waals surface area contributed by atoms with Gasteiger partial charge in [0.05, 0.1) is 18.1 Å². The number of benzene rings is 1. The van der Waals surface area contributed by atoms with Crippen LogP contribution in [-0.4, -0.2) is 65.2 Å². The maximum absolute atomic E-state index is 12.9. The minimum absolute atomic E-state index is 0.0794. The minimum atomic E-state index is -0.946. The van der Waals surface area contributed by atoms with Crippen molar-refractivity contribution < 1.29 is 19.4 Å². The van der Waals surface area contributed by atoms with E-state index in [-0.39, 0.29) is 12.0 Å². The van der Waals surface area contributed by atoms with E-state index in [9.17, 15) is 14.7 Å². The standard InChI is InChI=1S/C20H24N2O4/c1-13-2-4-14(5-3-13)12-21-8-10-22(11-9-21)19(23)17-15-6-7-16(26-15)18(17)20(24)25/h2-7,15-18H,8-12H2,1H3,(H,24,25). The maximum atomic E-state index is 12.9. The van der Waals surface area contributed by atoms with E-state index >= 15 is 0 Å². The van der Waals surface area contributed by atoms with Crippen LogP contribution in [0.3, 0.4) is 0 Å². The van der Waals surface area contributed by atoms with Crippen LogP contribution in [0.1, 0.15) is 11.1 Å². The molecular weight excluding hydrogens is 332 g/mol. The largest absolute Gasteiger partial charge is 0.481 e. The molecule has 3 aliphatic rings. The fourth-order valence-corrected chi connectivity index (χ4v) is 4.19. The van der Waals surface area contributed by atoms with Gasteiger partial charge in [0.15, 0.2) is 0 Å². The van der Waals surface area contributed by atoms with Gasteiger partial charge in [-0.1, -0.05) is 42.0 Å². The van der Waals surface area contributed by atoms with Gasteiger partial charge in [0.2, 0.25) is 5.91 Å². The zero-order chi connectivity index (χ0) is 18.3. The molecule has 1 aromatic rings. The second-order valence-electron chi connectivity index (χ2n) is 7.43. The molecule has 4 unspecified atom stereocenters. The fourth-order valence-electron chi connectivity index (χ4n) is 4.19. The minimum Gasteiger partial charge on any atom is -0.481 e. The predicted octanol–water partition coefficient (Wildman–Crippen LogP) is 1.29. The Bertz CT molecular complexity index is 722. The van der Waals surface area contributed by atoms with Gasteiger partial charge in [0.25, 0.3) is 0 Å². The molecule has 0 saturated carbocycles. The van der Waals surface area contributed by atoms with Crippen molar-refractivity contribution in [3.63, 3.8) is 0 Å². The van der Waals surface area contributed by atoms with E-state index in [0.29, 0.717) is 13.1 Å². The number of carboxylic acids is 1. The first-order valence-corrected chi connectivity index (χ1v) is 9.16. The van der Waals surface area contributed by atoms with Gasteiger partial charge in [-0.25, -0.2) is 0 Å². The topological polar surface area (TPSA) is 70.1 Å². The van der Waals surface area contributed by atoms with Gasteiger partial charge in [0, 0.05) is 32.7 Å².